The Morgan fingerprint density at radius 1 is 1.30 bits per heavy atom. The van der Waals surface area contributed by atoms with Gasteiger partial charge in [-0.25, -0.2) is 13.2 Å². The Morgan fingerprint density at radius 2 is 2.15 bits per heavy atom. The molecular weight excluding hydrogens is 267 g/mol. The van der Waals surface area contributed by atoms with Crippen LogP contribution >= 0.6 is 0 Å². The van der Waals surface area contributed by atoms with Crippen LogP contribution in [0.3, 0.4) is 0 Å². The summed E-state index contributed by atoms with van der Waals surface area (Å²) in [6, 6.07) is 1.68. The topological polar surface area (TPSA) is 31.9 Å². The molecule has 1 aliphatic rings. The smallest absolute Gasteiger partial charge is 0.162 e. The first-order valence-corrected chi connectivity index (χ1v) is 6.48. The average Bonchev–Trinajstić information content (AvgIpc) is 3.06. The molecule has 1 aromatic carbocycles. The first-order chi connectivity index (χ1) is 9.63. The molecule has 20 heavy (non-hydrogen) atoms. The van der Waals surface area contributed by atoms with Crippen molar-refractivity contribution >= 4 is 0 Å². The third-order valence-corrected chi connectivity index (χ3v) is 3.69. The Morgan fingerprint density at radius 3 is 2.90 bits per heavy atom. The predicted octanol–water partition coefficient (Wildman–Crippen LogP) is 2.82. The van der Waals surface area contributed by atoms with Crippen LogP contribution in [0.15, 0.2) is 24.5 Å². The third-order valence-electron chi connectivity index (χ3n) is 3.69. The maximum absolute atomic E-state index is 13.8. The highest BCUT2D eigenvalue weighted by atomic mass is 19.2. The quantitative estimate of drug-likeness (QED) is 0.877. The molecule has 1 saturated heterocycles. The average molecular weight is 281 g/mol. The maximum Gasteiger partial charge on any atom is 0.162 e. The summed E-state index contributed by atoms with van der Waals surface area (Å²) >= 11 is 0. The lowest BCUT2D eigenvalue weighted by atomic mass is 9.97. The van der Waals surface area contributed by atoms with E-state index in [0.29, 0.717) is 25.6 Å². The summed E-state index contributed by atoms with van der Waals surface area (Å²) in [4.78, 5) is 2.12. The van der Waals surface area contributed by atoms with Crippen LogP contribution in [0.2, 0.25) is 0 Å². The van der Waals surface area contributed by atoms with Crippen molar-refractivity contribution in [2.45, 2.75) is 18.9 Å². The van der Waals surface area contributed by atoms with E-state index in [4.69, 9.17) is 0 Å². The van der Waals surface area contributed by atoms with E-state index in [0.717, 1.165) is 18.2 Å². The van der Waals surface area contributed by atoms with Crippen LogP contribution in [0, 0.1) is 17.5 Å². The van der Waals surface area contributed by atoms with Gasteiger partial charge in [-0.3, -0.25) is 10.00 Å². The van der Waals surface area contributed by atoms with Crippen molar-refractivity contribution in [3.05, 3.63) is 53.1 Å². The van der Waals surface area contributed by atoms with Crippen molar-refractivity contribution in [1.29, 1.82) is 0 Å². The standard InChI is InChI=1S/C14H14F3N3/c15-11-3-12(14(17)13(16)4-11)10-1-2-20(8-10)7-9-5-18-19-6-9/h3-6,10H,1-2,7-8H2,(H,18,19). The monoisotopic (exact) mass is 281 g/mol. The van der Waals surface area contributed by atoms with E-state index in [-0.39, 0.29) is 11.5 Å². The highest BCUT2D eigenvalue weighted by Gasteiger charge is 2.27. The fraction of sp³-hybridized carbons (Fsp3) is 0.357. The number of aromatic amines is 1. The molecule has 2 heterocycles. The van der Waals surface area contributed by atoms with Crippen LogP contribution < -0.4 is 0 Å². The first kappa shape index (κ1) is 13.2. The number of hydrogen-bond acceptors (Lipinski definition) is 2. The van der Waals surface area contributed by atoms with E-state index in [2.05, 4.69) is 15.1 Å². The highest BCUT2D eigenvalue weighted by Crippen LogP contribution is 2.31. The minimum atomic E-state index is -1.12. The zero-order valence-electron chi connectivity index (χ0n) is 10.7. The minimum Gasteiger partial charge on any atom is -0.298 e. The molecule has 0 spiro atoms. The van der Waals surface area contributed by atoms with Crippen molar-refractivity contribution in [2.24, 2.45) is 0 Å². The lowest BCUT2D eigenvalue weighted by Gasteiger charge is -2.15. The van der Waals surface area contributed by atoms with Gasteiger partial charge in [-0.2, -0.15) is 5.10 Å². The molecule has 0 bridgehead atoms. The van der Waals surface area contributed by atoms with Gasteiger partial charge >= 0.3 is 0 Å². The Bertz CT molecular complexity index is 598. The lowest BCUT2D eigenvalue weighted by Crippen LogP contribution is -2.19. The third kappa shape index (κ3) is 2.56. The van der Waals surface area contributed by atoms with Gasteiger partial charge in [-0.05, 0) is 24.6 Å². The van der Waals surface area contributed by atoms with Gasteiger partial charge in [0, 0.05) is 36.8 Å². The van der Waals surface area contributed by atoms with Gasteiger partial charge in [0.2, 0.25) is 0 Å². The van der Waals surface area contributed by atoms with Crippen molar-refractivity contribution in [2.75, 3.05) is 13.1 Å². The van der Waals surface area contributed by atoms with Crippen LogP contribution in [-0.2, 0) is 6.54 Å². The molecule has 106 valence electrons. The first-order valence-electron chi connectivity index (χ1n) is 6.48. The van der Waals surface area contributed by atoms with Crippen molar-refractivity contribution in [3.63, 3.8) is 0 Å². The molecule has 1 aliphatic heterocycles. The number of aromatic nitrogens is 2. The molecule has 6 heteroatoms. The van der Waals surface area contributed by atoms with E-state index in [9.17, 15) is 13.2 Å². The summed E-state index contributed by atoms with van der Waals surface area (Å²) in [6.07, 6.45) is 4.23. The van der Waals surface area contributed by atoms with E-state index in [1.807, 2.05) is 0 Å². The Hall–Kier alpha value is -1.82. The van der Waals surface area contributed by atoms with Gasteiger partial charge in [0.15, 0.2) is 11.6 Å². The predicted molar refractivity (Wildman–Crippen MR) is 67.5 cm³/mol. The van der Waals surface area contributed by atoms with Gasteiger partial charge < -0.3 is 0 Å². The molecule has 3 nitrogen and oxygen atoms in total. The van der Waals surface area contributed by atoms with Crippen LogP contribution in [0.1, 0.15) is 23.5 Å². The second kappa shape index (κ2) is 5.28. The summed E-state index contributed by atoms with van der Waals surface area (Å²) < 4.78 is 40.2. The zero-order valence-corrected chi connectivity index (χ0v) is 10.7. The van der Waals surface area contributed by atoms with E-state index >= 15 is 0 Å². The molecular formula is C14H14F3N3. The van der Waals surface area contributed by atoms with Gasteiger partial charge in [0.05, 0.1) is 6.20 Å². The van der Waals surface area contributed by atoms with Crippen LogP contribution in [0.4, 0.5) is 13.2 Å². The van der Waals surface area contributed by atoms with E-state index in [1.54, 1.807) is 12.4 Å². The number of rotatable bonds is 3. The Balaban J connectivity index is 1.74. The molecule has 0 amide bonds. The lowest BCUT2D eigenvalue weighted by molar-refractivity contribution is 0.325. The summed E-state index contributed by atoms with van der Waals surface area (Å²) in [5.74, 6) is -2.95. The largest absolute Gasteiger partial charge is 0.298 e. The maximum atomic E-state index is 13.8. The number of benzene rings is 1. The molecule has 0 radical (unpaired) electrons. The van der Waals surface area contributed by atoms with Crippen LogP contribution in [0.5, 0.6) is 0 Å². The number of nitrogens with zero attached hydrogens (tertiary/aromatic N) is 2. The molecule has 1 unspecified atom stereocenters. The number of H-pyrrole nitrogens is 1. The van der Waals surface area contributed by atoms with Crippen molar-refractivity contribution in [1.82, 2.24) is 15.1 Å². The fourth-order valence-corrected chi connectivity index (χ4v) is 2.73. The minimum absolute atomic E-state index is 0.136. The number of likely N-dealkylation sites (tertiary alicyclic amines) is 1. The summed E-state index contributed by atoms with van der Waals surface area (Å²) in [5, 5.41) is 6.60. The van der Waals surface area contributed by atoms with E-state index in [1.165, 1.54) is 0 Å². The normalized spacial score (nSPS) is 19.6. The zero-order chi connectivity index (χ0) is 14.1. The number of hydrogen-bond donors (Lipinski definition) is 1. The highest BCUT2D eigenvalue weighted by molar-refractivity contribution is 5.25. The van der Waals surface area contributed by atoms with Crippen LogP contribution in [-0.4, -0.2) is 28.2 Å². The summed E-state index contributed by atoms with van der Waals surface area (Å²) in [6.45, 7) is 2.06. The SMILES string of the molecule is Fc1cc(F)c(F)c(C2CCN(Cc3cn[nH]c3)C2)c1. The fourth-order valence-electron chi connectivity index (χ4n) is 2.73. The molecule has 1 atom stereocenters. The van der Waals surface area contributed by atoms with Crippen molar-refractivity contribution < 1.29 is 13.2 Å². The second-order valence-electron chi connectivity index (χ2n) is 5.12. The van der Waals surface area contributed by atoms with Gasteiger partial charge in [0.25, 0.3) is 0 Å². The van der Waals surface area contributed by atoms with Gasteiger partial charge in [0.1, 0.15) is 5.82 Å². The number of halogens is 3. The molecule has 1 aromatic heterocycles. The summed E-state index contributed by atoms with van der Waals surface area (Å²) in [7, 11) is 0. The van der Waals surface area contributed by atoms with Crippen molar-refractivity contribution in [3.8, 4) is 0 Å². The van der Waals surface area contributed by atoms with Gasteiger partial charge in [-0.1, -0.05) is 0 Å². The molecule has 3 rings (SSSR count). The molecule has 0 aliphatic carbocycles. The number of nitrogens with one attached hydrogen (secondary N) is 1. The second-order valence-corrected chi connectivity index (χ2v) is 5.12. The molecule has 0 saturated carbocycles. The Labute approximate surface area is 114 Å². The molecule has 1 N–H and O–H groups in total. The Kier molecular flexibility index (Phi) is 3.48. The molecule has 1 fully saturated rings. The molecule has 2 aromatic rings. The van der Waals surface area contributed by atoms with E-state index < -0.39 is 17.5 Å². The summed E-state index contributed by atoms with van der Waals surface area (Å²) in [5.41, 5.74) is 1.17. The van der Waals surface area contributed by atoms with Crippen LogP contribution in [0.25, 0.3) is 0 Å². The van der Waals surface area contributed by atoms with Gasteiger partial charge in [-0.15, -0.1) is 0 Å².